The Morgan fingerprint density at radius 2 is 2.06 bits per heavy atom. The van der Waals surface area contributed by atoms with Crippen LogP contribution in [-0.4, -0.2) is 35.3 Å². The molecule has 1 aliphatic carbocycles. The fourth-order valence-electron chi connectivity index (χ4n) is 3.48. The van der Waals surface area contributed by atoms with E-state index in [9.17, 15) is 4.79 Å². The van der Waals surface area contributed by atoms with Crippen molar-refractivity contribution >= 4 is 24.8 Å². The maximum absolute atomic E-state index is 12.2. The number of carbonyl (C=O) groups is 1. The second kappa shape index (κ2) is 5.11. The zero-order chi connectivity index (χ0) is 13.5. The highest BCUT2D eigenvalue weighted by atomic mass is 32.2. The Balaban J connectivity index is 2.19. The van der Waals surface area contributed by atoms with E-state index < -0.39 is 0 Å². The van der Waals surface area contributed by atoms with Crippen LogP contribution in [0.2, 0.25) is 5.31 Å². The predicted octanol–water partition coefficient (Wildman–Crippen LogP) is 3.32. The molecule has 3 atom stereocenters. The monoisotopic (exact) mass is 267 g/mol. The van der Waals surface area contributed by atoms with Crippen LogP contribution in [0.25, 0.3) is 0 Å². The van der Waals surface area contributed by atoms with Crippen molar-refractivity contribution in [3.8, 4) is 0 Å². The average Bonchev–Trinajstić information content (AvgIpc) is 2.44. The third-order valence-corrected chi connectivity index (χ3v) is 6.31. The first kappa shape index (κ1) is 14.3. The molecule has 1 aliphatic heterocycles. The molecular weight excluding hydrogens is 241 g/mol. The third kappa shape index (κ3) is 2.45. The van der Waals surface area contributed by atoms with Gasteiger partial charge in [-0.25, -0.2) is 0 Å². The number of fused-ring (bicyclic) bond motifs is 1. The molecule has 1 saturated heterocycles. The van der Waals surface area contributed by atoms with Crippen LogP contribution in [-0.2, 0) is 0 Å². The van der Waals surface area contributed by atoms with E-state index in [0.717, 1.165) is 0 Å². The zero-order valence-corrected chi connectivity index (χ0v) is 13.2. The molecule has 0 aromatic rings. The van der Waals surface area contributed by atoms with E-state index in [4.69, 9.17) is 0 Å². The van der Waals surface area contributed by atoms with Crippen molar-refractivity contribution in [1.29, 1.82) is 0 Å². The summed E-state index contributed by atoms with van der Waals surface area (Å²) in [4.78, 5) is 14.3. The van der Waals surface area contributed by atoms with E-state index >= 15 is 0 Å². The zero-order valence-electron chi connectivity index (χ0n) is 12.4. The van der Waals surface area contributed by atoms with Crippen molar-refractivity contribution in [2.45, 2.75) is 76.0 Å². The van der Waals surface area contributed by atoms with Gasteiger partial charge in [0.05, 0.1) is 0 Å². The van der Waals surface area contributed by atoms with Crippen molar-refractivity contribution in [3.63, 3.8) is 0 Å². The van der Waals surface area contributed by atoms with E-state index in [2.05, 4.69) is 40.4 Å². The molecule has 0 bridgehead atoms. The van der Waals surface area contributed by atoms with Gasteiger partial charge in [-0.2, -0.15) is 0 Å². The maximum Gasteiger partial charge on any atom is 0.282 e. The lowest BCUT2D eigenvalue weighted by Gasteiger charge is -2.35. The first-order valence-corrected chi connectivity index (χ1v) is 8.22. The van der Waals surface area contributed by atoms with Crippen LogP contribution in [0.5, 0.6) is 0 Å². The summed E-state index contributed by atoms with van der Waals surface area (Å²) in [6, 6.07) is 0.839. The average molecular weight is 267 g/mol. The molecule has 0 aromatic carbocycles. The van der Waals surface area contributed by atoms with Crippen molar-refractivity contribution < 1.29 is 4.79 Å². The Morgan fingerprint density at radius 1 is 1.39 bits per heavy atom. The second-order valence-corrected chi connectivity index (χ2v) is 8.09. The summed E-state index contributed by atoms with van der Waals surface area (Å²) in [5.41, 5.74) is 0. The van der Waals surface area contributed by atoms with Crippen LogP contribution in [0.3, 0.4) is 0 Å². The number of amides is 1. The molecule has 102 valence electrons. The minimum Gasteiger partial charge on any atom is -0.327 e. The summed E-state index contributed by atoms with van der Waals surface area (Å²) in [6.07, 6.45) is 4.99. The lowest BCUT2D eigenvalue weighted by atomic mass is 9.57. The van der Waals surface area contributed by atoms with Crippen LogP contribution in [0.4, 0.5) is 4.79 Å². The van der Waals surface area contributed by atoms with Gasteiger partial charge < -0.3 is 4.90 Å². The molecule has 0 spiro atoms. The Labute approximate surface area is 117 Å². The molecule has 0 aromatic heterocycles. The van der Waals surface area contributed by atoms with Gasteiger partial charge in [0.2, 0.25) is 0 Å². The number of thioether (sulfide) groups is 1. The molecule has 0 N–H and O–H groups in total. The van der Waals surface area contributed by atoms with Gasteiger partial charge in [0, 0.05) is 17.3 Å². The third-order valence-electron chi connectivity index (χ3n) is 5.11. The Morgan fingerprint density at radius 3 is 2.61 bits per heavy atom. The molecule has 3 unspecified atom stereocenters. The molecule has 4 heteroatoms. The standard InChI is InChI=1S/C14H26BNOS/c1-9(2)14(15)7-5-6-11-12(8-14)18-13(17)16(11)10(3)4/h9-12H,5-8,15H2,1-4H3. The summed E-state index contributed by atoms with van der Waals surface area (Å²) in [7, 11) is 2.42. The molecule has 2 fully saturated rings. The lowest BCUT2D eigenvalue weighted by Crippen LogP contribution is -2.41. The highest BCUT2D eigenvalue weighted by Crippen LogP contribution is 2.51. The number of rotatable bonds is 2. The first-order chi connectivity index (χ1) is 8.35. The van der Waals surface area contributed by atoms with Crippen LogP contribution >= 0.6 is 11.8 Å². The topological polar surface area (TPSA) is 20.3 Å². The largest absolute Gasteiger partial charge is 0.327 e. The number of nitrogens with zero attached hydrogens (tertiary/aromatic N) is 1. The second-order valence-electron chi connectivity index (χ2n) is 6.90. The molecule has 18 heavy (non-hydrogen) atoms. The quantitative estimate of drug-likeness (QED) is 0.715. The minimum absolute atomic E-state index is 0.313. The van der Waals surface area contributed by atoms with Crippen LogP contribution in [0.1, 0.15) is 53.4 Å². The fourth-order valence-corrected chi connectivity index (χ4v) is 5.10. The number of hydrogen-bond donors (Lipinski definition) is 0. The van der Waals surface area contributed by atoms with Crippen LogP contribution in [0, 0.1) is 5.92 Å². The summed E-state index contributed by atoms with van der Waals surface area (Å²) < 4.78 is 0. The molecule has 2 aliphatic rings. The highest BCUT2D eigenvalue weighted by molar-refractivity contribution is 8.14. The minimum atomic E-state index is 0.313. The highest BCUT2D eigenvalue weighted by Gasteiger charge is 2.46. The molecule has 1 heterocycles. The molecule has 0 radical (unpaired) electrons. The van der Waals surface area contributed by atoms with Gasteiger partial charge in [0.15, 0.2) is 0 Å². The van der Waals surface area contributed by atoms with Crippen LogP contribution in [0.15, 0.2) is 0 Å². The van der Waals surface area contributed by atoms with Gasteiger partial charge in [0.25, 0.3) is 5.24 Å². The summed E-state index contributed by atoms with van der Waals surface area (Å²) in [5.74, 6) is 0.708. The molecular formula is C14H26BNOS. The van der Waals surface area contributed by atoms with Gasteiger partial charge in [-0.05, 0) is 32.6 Å². The van der Waals surface area contributed by atoms with Gasteiger partial charge in [0.1, 0.15) is 7.85 Å². The van der Waals surface area contributed by atoms with E-state index in [-0.39, 0.29) is 0 Å². The van der Waals surface area contributed by atoms with Crippen molar-refractivity contribution in [1.82, 2.24) is 4.90 Å². The van der Waals surface area contributed by atoms with E-state index in [0.29, 0.717) is 33.8 Å². The molecule has 2 rings (SSSR count). The van der Waals surface area contributed by atoms with Crippen molar-refractivity contribution in [2.24, 2.45) is 5.92 Å². The molecule has 2 nitrogen and oxygen atoms in total. The predicted molar refractivity (Wildman–Crippen MR) is 82.1 cm³/mol. The summed E-state index contributed by atoms with van der Waals surface area (Å²) >= 11 is 1.61. The fraction of sp³-hybridized carbons (Fsp3) is 0.929. The smallest absolute Gasteiger partial charge is 0.282 e. The van der Waals surface area contributed by atoms with Gasteiger partial charge in [-0.1, -0.05) is 43.8 Å². The van der Waals surface area contributed by atoms with Gasteiger partial charge >= 0.3 is 0 Å². The SMILES string of the molecule is BC1(C(C)C)CCCC2C(C1)SC(=O)N2C(C)C. The normalized spacial score (nSPS) is 37.2. The van der Waals surface area contributed by atoms with Gasteiger partial charge in [-0.15, -0.1) is 0 Å². The molecule has 1 amide bonds. The maximum atomic E-state index is 12.2. The van der Waals surface area contributed by atoms with Crippen molar-refractivity contribution in [3.05, 3.63) is 0 Å². The Hall–Kier alpha value is -0.115. The number of hydrogen-bond acceptors (Lipinski definition) is 2. The van der Waals surface area contributed by atoms with E-state index in [1.165, 1.54) is 25.7 Å². The number of carbonyl (C=O) groups excluding carboxylic acids is 1. The Bertz CT molecular complexity index is 334. The van der Waals surface area contributed by atoms with E-state index in [1.807, 2.05) is 0 Å². The van der Waals surface area contributed by atoms with Crippen molar-refractivity contribution in [2.75, 3.05) is 0 Å². The van der Waals surface area contributed by atoms with E-state index in [1.54, 1.807) is 11.8 Å². The Kier molecular flexibility index (Phi) is 4.06. The molecule has 1 saturated carbocycles. The van der Waals surface area contributed by atoms with Crippen LogP contribution < -0.4 is 0 Å². The lowest BCUT2D eigenvalue weighted by molar-refractivity contribution is 0.180. The van der Waals surface area contributed by atoms with Gasteiger partial charge in [-0.3, -0.25) is 4.79 Å². The summed E-state index contributed by atoms with van der Waals surface area (Å²) in [5, 5.41) is 1.25. The summed E-state index contributed by atoms with van der Waals surface area (Å²) in [6.45, 7) is 8.96. The first-order valence-electron chi connectivity index (χ1n) is 7.34.